The van der Waals surface area contributed by atoms with Crippen molar-refractivity contribution in [3.8, 4) is 11.4 Å². The lowest BCUT2D eigenvalue weighted by atomic mass is 10.2. The van der Waals surface area contributed by atoms with Gasteiger partial charge in [0.1, 0.15) is 5.82 Å². The van der Waals surface area contributed by atoms with Gasteiger partial charge in [0, 0.05) is 15.6 Å². The van der Waals surface area contributed by atoms with Crippen LogP contribution in [0.4, 0.5) is 21.5 Å². The molecule has 0 aliphatic carbocycles. The van der Waals surface area contributed by atoms with Crippen LogP contribution >= 0.6 is 39.1 Å². The number of hydrogen-bond acceptors (Lipinski definition) is 7. The molecule has 16 heteroatoms. The molecule has 1 heterocycles. The zero-order chi connectivity index (χ0) is 26.2. The summed E-state index contributed by atoms with van der Waals surface area (Å²) >= 11 is 12.3. The van der Waals surface area contributed by atoms with Crippen molar-refractivity contribution >= 4 is 77.5 Å². The summed E-state index contributed by atoms with van der Waals surface area (Å²) in [6.45, 7) is 1.54. The van der Waals surface area contributed by atoms with Crippen LogP contribution < -0.4 is 9.03 Å². The molecule has 4 rings (SSSR count). The molecule has 36 heavy (non-hydrogen) atoms. The van der Waals surface area contributed by atoms with Crippen molar-refractivity contribution in [1.29, 1.82) is 0 Å². The number of anilines is 3. The van der Waals surface area contributed by atoms with Crippen molar-refractivity contribution in [3.05, 3.63) is 74.4 Å². The first-order valence-electron chi connectivity index (χ1n) is 9.68. The first-order valence-corrected chi connectivity index (χ1v) is 13.7. The third kappa shape index (κ3) is 5.53. The fourth-order valence-electron chi connectivity index (χ4n) is 3.26. The Morgan fingerprint density at radius 3 is 2.42 bits per heavy atom. The number of aromatic amines is 1. The molecule has 1 unspecified atom stereocenters. The zero-order valence-corrected chi connectivity index (χ0v) is 22.6. The number of rotatable bonds is 7. The molecule has 0 bridgehead atoms. The third-order valence-electron chi connectivity index (χ3n) is 4.82. The average Bonchev–Trinajstić information content (AvgIpc) is 3.31. The molecule has 0 radical (unpaired) electrons. The highest BCUT2D eigenvalue weighted by atomic mass is 79.9. The lowest BCUT2D eigenvalue weighted by molar-refractivity contribution is 0.537. The lowest BCUT2D eigenvalue weighted by Crippen LogP contribution is -2.20. The first-order chi connectivity index (χ1) is 17.0. The number of halogens is 4. The quantitative estimate of drug-likeness (QED) is 0.269. The average molecular weight is 635 g/mol. The van der Waals surface area contributed by atoms with Crippen molar-refractivity contribution in [3.63, 3.8) is 0 Å². The number of H-pyrrole nitrogens is 1. The second-order valence-electron chi connectivity index (χ2n) is 7.24. The van der Waals surface area contributed by atoms with Gasteiger partial charge in [-0.2, -0.15) is 5.21 Å². The predicted octanol–water partition coefficient (Wildman–Crippen LogP) is 5.12. The predicted molar refractivity (Wildman–Crippen MR) is 137 cm³/mol. The summed E-state index contributed by atoms with van der Waals surface area (Å²) in [6.07, 6.45) is 0. The van der Waals surface area contributed by atoms with E-state index in [1.165, 1.54) is 55.5 Å². The minimum atomic E-state index is -4.29. The molecule has 0 saturated carbocycles. The Hall–Kier alpha value is -2.62. The summed E-state index contributed by atoms with van der Waals surface area (Å²) in [5, 5.41) is 13.8. The SMILES string of the molecule is Cc1cc(F)c(Br)cc1NS(=O)(=O)c1ccc(N(c2cc(Cl)cc(Cl)c2)S(=O)[O-])cc1-c1nn[nH]n1. The van der Waals surface area contributed by atoms with Gasteiger partial charge in [0.2, 0.25) is 5.82 Å². The van der Waals surface area contributed by atoms with Crippen molar-refractivity contribution in [1.82, 2.24) is 20.6 Å². The molecule has 2 N–H and O–H groups in total. The molecular weight excluding hydrogens is 622 g/mol. The largest absolute Gasteiger partial charge is 0.755 e. The molecule has 0 aliphatic rings. The molecule has 10 nitrogen and oxygen atoms in total. The minimum absolute atomic E-state index is 0.0427. The zero-order valence-electron chi connectivity index (χ0n) is 17.9. The van der Waals surface area contributed by atoms with E-state index in [1.54, 1.807) is 0 Å². The Bertz CT molecular complexity index is 1570. The number of aryl methyl sites for hydroxylation is 1. The second-order valence-corrected chi connectivity index (χ2v) is 11.4. The molecule has 0 saturated heterocycles. The van der Waals surface area contributed by atoms with Gasteiger partial charge in [0.05, 0.1) is 37.7 Å². The van der Waals surface area contributed by atoms with E-state index in [0.717, 1.165) is 4.31 Å². The maximum atomic E-state index is 13.8. The summed E-state index contributed by atoms with van der Waals surface area (Å²) in [7, 11) is -4.29. The van der Waals surface area contributed by atoms with E-state index in [-0.39, 0.29) is 47.9 Å². The van der Waals surface area contributed by atoms with Gasteiger partial charge in [-0.15, -0.1) is 10.2 Å². The van der Waals surface area contributed by atoms with E-state index in [0.29, 0.717) is 5.56 Å². The second kappa shape index (κ2) is 10.4. The normalized spacial score (nSPS) is 12.4. The topological polar surface area (TPSA) is 144 Å². The molecule has 1 aromatic heterocycles. The summed E-state index contributed by atoms with van der Waals surface area (Å²) in [5.41, 5.74) is 0.558. The molecule has 0 aliphatic heterocycles. The highest BCUT2D eigenvalue weighted by molar-refractivity contribution is 9.10. The number of aromatic nitrogens is 4. The molecule has 188 valence electrons. The Kier molecular flexibility index (Phi) is 7.64. The smallest absolute Gasteiger partial charge is 0.262 e. The molecular formula is C20H13BrCl2FN6O4S2-. The first kappa shape index (κ1) is 26.4. The Morgan fingerprint density at radius 2 is 1.81 bits per heavy atom. The number of benzene rings is 3. The molecule has 0 fully saturated rings. The van der Waals surface area contributed by atoms with E-state index < -0.39 is 27.1 Å². The monoisotopic (exact) mass is 633 g/mol. The highest BCUT2D eigenvalue weighted by Crippen LogP contribution is 2.36. The van der Waals surface area contributed by atoms with Crippen molar-refractivity contribution < 1.29 is 21.6 Å². The van der Waals surface area contributed by atoms with Crippen molar-refractivity contribution in [2.75, 3.05) is 9.03 Å². The van der Waals surface area contributed by atoms with Gasteiger partial charge in [-0.1, -0.05) is 23.2 Å². The van der Waals surface area contributed by atoms with Crippen LogP contribution in [0.25, 0.3) is 11.4 Å². The highest BCUT2D eigenvalue weighted by Gasteiger charge is 2.25. The number of hydrogen-bond donors (Lipinski definition) is 2. The van der Waals surface area contributed by atoms with Gasteiger partial charge in [0.15, 0.2) is 0 Å². The third-order valence-corrected chi connectivity index (χ3v) is 8.00. The number of nitrogens with zero attached hydrogens (tertiary/aromatic N) is 4. The summed E-state index contributed by atoms with van der Waals surface area (Å²) in [6, 6.07) is 10.4. The maximum Gasteiger partial charge on any atom is 0.262 e. The van der Waals surface area contributed by atoms with E-state index in [1.807, 2.05) is 0 Å². The Balaban J connectivity index is 1.85. The molecule has 4 aromatic rings. The summed E-state index contributed by atoms with van der Waals surface area (Å²) < 4.78 is 68.2. The lowest BCUT2D eigenvalue weighted by Gasteiger charge is -2.27. The van der Waals surface area contributed by atoms with E-state index in [9.17, 15) is 21.6 Å². The van der Waals surface area contributed by atoms with Crippen molar-refractivity contribution in [2.24, 2.45) is 0 Å². The molecule has 1 atom stereocenters. The molecule has 3 aromatic carbocycles. The Labute approximate surface area is 225 Å². The van der Waals surface area contributed by atoms with Gasteiger partial charge in [-0.25, -0.2) is 12.8 Å². The van der Waals surface area contributed by atoms with Gasteiger partial charge in [-0.3, -0.25) is 13.2 Å². The molecule has 0 spiro atoms. The van der Waals surface area contributed by atoms with E-state index in [2.05, 4.69) is 41.3 Å². The summed E-state index contributed by atoms with van der Waals surface area (Å²) in [4.78, 5) is -0.284. The van der Waals surface area contributed by atoms with Gasteiger partial charge < -0.3 is 4.55 Å². The van der Waals surface area contributed by atoms with Crippen LogP contribution in [0.1, 0.15) is 5.56 Å². The van der Waals surface area contributed by atoms with Gasteiger partial charge in [-0.05, 0) is 82.2 Å². The van der Waals surface area contributed by atoms with Crippen LogP contribution in [-0.4, -0.2) is 37.8 Å². The van der Waals surface area contributed by atoms with Gasteiger partial charge in [0.25, 0.3) is 10.0 Å². The van der Waals surface area contributed by atoms with Crippen LogP contribution in [-0.2, 0) is 21.3 Å². The van der Waals surface area contributed by atoms with Crippen LogP contribution in [0.2, 0.25) is 10.0 Å². The van der Waals surface area contributed by atoms with Crippen LogP contribution in [0.5, 0.6) is 0 Å². The summed E-state index contributed by atoms with van der Waals surface area (Å²) in [5.74, 6) is -0.672. The fourth-order valence-corrected chi connectivity index (χ4v) is 5.99. The molecule has 0 amide bonds. The number of nitrogens with one attached hydrogen (secondary N) is 2. The van der Waals surface area contributed by atoms with E-state index in [4.69, 9.17) is 23.2 Å². The van der Waals surface area contributed by atoms with E-state index >= 15 is 0 Å². The maximum absolute atomic E-state index is 13.8. The standard InChI is InChI=1S/C20H14BrCl2FN6O4S2/c1-10-4-17(24)16(21)9-18(10)27-36(33,34)19-3-2-13(8-15(19)20-25-28-29-26-20)30(35(31)32)14-6-11(22)5-12(23)7-14/h2-9,27H,1H3,(H,31,32)(H,25,26,28,29)/p-1. The van der Waals surface area contributed by atoms with Crippen LogP contribution in [0.15, 0.2) is 57.9 Å². The van der Waals surface area contributed by atoms with Crippen LogP contribution in [0, 0.1) is 12.7 Å². The fraction of sp³-hybridized carbons (Fsp3) is 0.0500. The van der Waals surface area contributed by atoms with Gasteiger partial charge >= 0.3 is 0 Å². The number of sulfonamides is 1. The van der Waals surface area contributed by atoms with Crippen molar-refractivity contribution in [2.45, 2.75) is 11.8 Å². The minimum Gasteiger partial charge on any atom is -0.755 e. The number of tetrazole rings is 1. The Morgan fingerprint density at radius 1 is 1.11 bits per heavy atom. The van der Waals surface area contributed by atoms with Crippen LogP contribution in [0.3, 0.4) is 0 Å².